The van der Waals surface area contributed by atoms with Gasteiger partial charge < -0.3 is 0 Å². The van der Waals surface area contributed by atoms with Gasteiger partial charge in [-0.05, 0) is 0 Å². The Morgan fingerprint density at radius 2 is 1.57 bits per heavy atom. The van der Waals surface area contributed by atoms with Crippen molar-refractivity contribution >= 4 is 24.1 Å². The van der Waals surface area contributed by atoms with Crippen LogP contribution in [0.4, 0.5) is 0 Å². The fourth-order valence-corrected chi connectivity index (χ4v) is 2.91. The van der Waals surface area contributed by atoms with Gasteiger partial charge in [0.05, 0.1) is 0 Å². The normalized spacial score (nSPS) is 42.0. The topological polar surface area (TPSA) is 18.5 Å². The van der Waals surface area contributed by atoms with Crippen LogP contribution in [0.1, 0.15) is 13.8 Å². The van der Waals surface area contributed by atoms with Crippen molar-refractivity contribution in [1.29, 1.82) is 0 Å². The second-order valence-electron chi connectivity index (χ2n) is 1.70. The number of hydrogen-bond acceptors (Lipinski definition) is 2. The second kappa shape index (κ2) is 2.38. The molecule has 40 valence electrons. The Hall–Kier alpha value is 0.803. The van der Waals surface area contributed by atoms with Crippen LogP contribution in [0.3, 0.4) is 0 Å². The molecule has 0 aromatic rings. The fraction of sp³-hybridized carbons (Fsp3) is 1.00. The maximum absolute atomic E-state index is 5.22. The third-order valence-corrected chi connectivity index (χ3v) is 4.33. The van der Waals surface area contributed by atoms with E-state index in [-0.39, 0.29) is 0 Å². The molecule has 3 heteroatoms. The van der Waals surface area contributed by atoms with Crippen LogP contribution in [0.2, 0.25) is 0 Å². The molecule has 1 rings (SSSR count). The van der Waals surface area contributed by atoms with Gasteiger partial charge in [0.25, 0.3) is 0 Å². The van der Waals surface area contributed by atoms with E-state index in [9.17, 15) is 0 Å². The van der Waals surface area contributed by atoms with Crippen LogP contribution in [0, 0.1) is 0 Å². The molecule has 1 aliphatic heterocycles. The third kappa shape index (κ3) is 1.34. The van der Waals surface area contributed by atoms with Gasteiger partial charge in [-0.2, -0.15) is 0 Å². The summed E-state index contributed by atoms with van der Waals surface area (Å²) in [4.78, 5) is 0. The molecule has 2 atom stereocenters. The average molecular weight is 297 g/mol. The van der Waals surface area contributed by atoms with Crippen LogP contribution in [-0.4, -0.2) is 36.3 Å². The molecule has 1 aliphatic rings. The standard InChI is InChI=1S/C4H8O2.Bi/c1-3(5)4(2)6;/h3-4H,1-2H3;/q-2;+3. The van der Waals surface area contributed by atoms with Gasteiger partial charge in [0.1, 0.15) is 0 Å². The quantitative estimate of drug-likeness (QED) is 0.601. The SMILES string of the molecule is CC1[O][Bi+][O]C1C. The molecule has 7 heavy (non-hydrogen) atoms. The average Bonchev–Trinajstić information content (AvgIpc) is 1.91. The van der Waals surface area contributed by atoms with Gasteiger partial charge in [0.2, 0.25) is 0 Å². The predicted molar refractivity (Wildman–Crippen MR) is 26.8 cm³/mol. The molecule has 0 aromatic heterocycles. The first kappa shape index (κ1) is 5.93. The van der Waals surface area contributed by atoms with E-state index < -0.39 is 24.1 Å². The van der Waals surface area contributed by atoms with Gasteiger partial charge in [-0.1, -0.05) is 0 Å². The maximum atomic E-state index is 5.22. The molecule has 0 aromatic carbocycles. The third-order valence-electron chi connectivity index (χ3n) is 1.08. The zero-order valence-electron chi connectivity index (χ0n) is 4.42. The van der Waals surface area contributed by atoms with E-state index in [2.05, 4.69) is 13.8 Å². The Morgan fingerprint density at radius 3 is 1.71 bits per heavy atom. The molecule has 1 saturated heterocycles. The minimum absolute atomic E-state index is 0.372. The van der Waals surface area contributed by atoms with Gasteiger partial charge in [0.15, 0.2) is 0 Å². The molecule has 0 saturated carbocycles. The summed E-state index contributed by atoms with van der Waals surface area (Å²) >= 11 is -0.860. The first-order chi connectivity index (χ1) is 3.30. The van der Waals surface area contributed by atoms with E-state index in [1.807, 2.05) is 0 Å². The fourth-order valence-electron chi connectivity index (χ4n) is 0.332. The number of rotatable bonds is 0. The van der Waals surface area contributed by atoms with Crippen molar-refractivity contribution in [2.45, 2.75) is 26.1 Å². The van der Waals surface area contributed by atoms with Crippen LogP contribution in [-0.2, 0) is 5.63 Å². The molecule has 0 bridgehead atoms. The van der Waals surface area contributed by atoms with Gasteiger partial charge in [-0.15, -0.1) is 0 Å². The van der Waals surface area contributed by atoms with Gasteiger partial charge >= 0.3 is 55.8 Å². The molecule has 0 N–H and O–H groups in total. The predicted octanol–water partition coefficient (Wildman–Crippen LogP) is 0.344. The van der Waals surface area contributed by atoms with Gasteiger partial charge in [-0.25, -0.2) is 0 Å². The van der Waals surface area contributed by atoms with Crippen molar-refractivity contribution in [3.8, 4) is 0 Å². The molecule has 0 spiro atoms. The monoisotopic (exact) mass is 297 g/mol. The van der Waals surface area contributed by atoms with Crippen molar-refractivity contribution in [2.75, 3.05) is 0 Å². The summed E-state index contributed by atoms with van der Waals surface area (Å²) in [7, 11) is 0. The van der Waals surface area contributed by atoms with E-state index in [0.29, 0.717) is 12.2 Å². The molecule has 1 heterocycles. The first-order valence-electron chi connectivity index (χ1n) is 2.32. The molecular formula is C4H8BiO2+. The second-order valence-corrected chi connectivity index (χ2v) is 3.91. The van der Waals surface area contributed by atoms with Crippen molar-refractivity contribution < 1.29 is 5.63 Å². The van der Waals surface area contributed by atoms with E-state index in [4.69, 9.17) is 5.63 Å². The van der Waals surface area contributed by atoms with Crippen LogP contribution in [0.25, 0.3) is 0 Å². The Balaban J connectivity index is 2.33. The summed E-state index contributed by atoms with van der Waals surface area (Å²) < 4.78 is 10.4. The summed E-state index contributed by atoms with van der Waals surface area (Å²) in [6.07, 6.45) is 0.744. The van der Waals surface area contributed by atoms with E-state index in [1.54, 1.807) is 0 Å². The summed E-state index contributed by atoms with van der Waals surface area (Å²) in [6, 6.07) is 0. The van der Waals surface area contributed by atoms with E-state index >= 15 is 0 Å². The molecule has 1 fully saturated rings. The Morgan fingerprint density at radius 1 is 1.14 bits per heavy atom. The first-order valence-corrected chi connectivity index (χ1v) is 5.16. The van der Waals surface area contributed by atoms with Gasteiger partial charge in [0, 0.05) is 0 Å². The van der Waals surface area contributed by atoms with Crippen molar-refractivity contribution in [3.63, 3.8) is 0 Å². The summed E-state index contributed by atoms with van der Waals surface area (Å²) in [6.45, 7) is 4.11. The molecule has 2 unspecified atom stereocenters. The summed E-state index contributed by atoms with van der Waals surface area (Å²) in [5.41, 5.74) is 0. The molecule has 0 aliphatic carbocycles. The summed E-state index contributed by atoms with van der Waals surface area (Å²) in [5.74, 6) is 0. The van der Waals surface area contributed by atoms with E-state index in [0.717, 1.165) is 0 Å². The number of hydrogen-bond donors (Lipinski definition) is 0. The Bertz CT molecular complexity index is 58.7. The zero-order valence-corrected chi connectivity index (χ0v) is 7.90. The van der Waals surface area contributed by atoms with Crippen LogP contribution < -0.4 is 0 Å². The Labute approximate surface area is 56.0 Å². The van der Waals surface area contributed by atoms with E-state index in [1.165, 1.54) is 0 Å². The van der Waals surface area contributed by atoms with Gasteiger partial charge in [-0.3, -0.25) is 0 Å². The van der Waals surface area contributed by atoms with Crippen molar-refractivity contribution in [3.05, 3.63) is 0 Å². The Kier molecular flexibility index (Phi) is 2.02. The molecule has 0 amide bonds. The van der Waals surface area contributed by atoms with Crippen LogP contribution in [0.15, 0.2) is 0 Å². The molecule has 2 nitrogen and oxygen atoms in total. The summed E-state index contributed by atoms with van der Waals surface area (Å²) in [5, 5.41) is 0. The van der Waals surface area contributed by atoms with Crippen LogP contribution in [0.5, 0.6) is 0 Å². The molecule has 2 radical (unpaired) electrons. The molecular weight excluding hydrogens is 289 g/mol. The van der Waals surface area contributed by atoms with Crippen molar-refractivity contribution in [2.24, 2.45) is 0 Å². The zero-order chi connectivity index (χ0) is 5.28. The minimum atomic E-state index is -0.860. The van der Waals surface area contributed by atoms with Crippen LogP contribution >= 0.6 is 0 Å². The van der Waals surface area contributed by atoms with Crippen molar-refractivity contribution in [1.82, 2.24) is 0 Å².